The molecule has 31 heavy (non-hydrogen) atoms. The van der Waals surface area contributed by atoms with E-state index in [1.165, 1.54) is 18.6 Å². The van der Waals surface area contributed by atoms with Crippen LogP contribution < -0.4 is 5.32 Å². The summed E-state index contributed by atoms with van der Waals surface area (Å²) in [6.45, 7) is 0.243. The largest absolute Gasteiger partial charge is 0.435 e. The quantitative estimate of drug-likeness (QED) is 0.520. The maximum atomic E-state index is 12.7. The zero-order valence-electron chi connectivity index (χ0n) is 16.0. The number of carbonyl (C=O) groups excluding carboxylic acids is 1. The van der Waals surface area contributed by atoms with Crippen molar-refractivity contribution >= 4 is 5.91 Å². The van der Waals surface area contributed by atoms with E-state index in [-0.39, 0.29) is 12.5 Å². The lowest BCUT2D eigenvalue weighted by atomic mass is 10.2. The van der Waals surface area contributed by atoms with Crippen LogP contribution in [0.2, 0.25) is 0 Å². The van der Waals surface area contributed by atoms with Gasteiger partial charge in [-0.3, -0.25) is 4.79 Å². The first-order valence-electron chi connectivity index (χ1n) is 9.28. The molecule has 1 amide bonds. The van der Waals surface area contributed by atoms with Crippen molar-refractivity contribution in [1.82, 2.24) is 25.1 Å². The summed E-state index contributed by atoms with van der Waals surface area (Å²) in [5.41, 5.74) is 1.49. The van der Waals surface area contributed by atoms with Crippen molar-refractivity contribution in [3.63, 3.8) is 0 Å². The van der Waals surface area contributed by atoms with Crippen LogP contribution in [-0.4, -0.2) is 25.7 Å². The Hall–Kier alpha value is -4.01. The van der Waals surface area contributed by atoms with E-state index >= 15 is 0 Å². The lowest BCUT2D eigenvalue weighted by molar-refractivity contribution is -0.141. The Balaban J connectivity index is 1.37. The molecule has 2 aromatic heterocycles. The van der Waals surface area contributed by atoms with Gasteiger partial charge in [0.25, 0.3) is 5.91 Å². The molecule has 0 spiro atoms. The third kappa shape index (κ3) is 4.77. The molecule has 0 aliphatic heterocycles. The molecule has 4 rings (SSSR count). The maximum absolute atomic E-state index is 12.7. The number of hydrogen-bond donors (Lipinski definition) is 1. The first kappa shape index (κ1) is 20.3. The lowest BCUT2D eigenvalue weighted by Crippen LogP contribution is -2.23. The second-order valence-corrected chi connectivity index (χ2v) is 6.65. The summed E-state index contributed by atoms with van der Waals surface area (Å²) in [6.07, 6.45) is -0.315. The predicted molar refractivity (Wildman–Crippen MR) is 107 cm³/mol. The van der Waals surface area contributed by atoms with Gasteiger partial charge in [0.1, 0.15) is 0 Å². The molecule has 156 valence electrons. The second-order valence-electron chi connectivity index (χ2n) is 6.65. The van der Waals surface area contributed by atoms with E-state index in [1.807, 2.05) is 30.3 Å². The standard InChI is InChI=1S/C22H16F3N5O/c23-22(24,25)19-10-11-30(29-19)18-8-6-15(7-9-18)12-28-21(31)17-13-26-20(27-14-17)16-4-2-1-3-5-16/h1-11,13-14H,12H2,(H,28,31). The number of alkyl halides is 3. The van der Waals surface area contributed by atoms with Crippen LogP contribution in [0.5, 0.6) is 0 Å². The highest BCUT2D eigenvalue weighted by Gasteiger charge is 2.33. The van der Waals surface area contributed by atoms with E-state index in [9.17, 15) is 18.0 Å². The highest BCUT2D eigenvalue weighted by Crippen LogP contribution is 2.27. The minimum atomic E-state index is -4.49. The van der Waals surface area contributed by atoms with Crippen LogP contribution in [0.15, 0.2) is 79.3 Å². The van der Waals surface area contributed by atoms with Crippen LogP contribution in [0, 0.1) is 0 Å². The van der Waals surface area contributed by atoms with E-state index < -0.39 is 11.9 Å². The number of nitrogens with zero attached hydrogens (tertiary/aromatic N) is 4. The van der Waals surface area contributed by atoms with Crippen molar-refractivity contribution < 1.29 is 18.0 Å². The zero-order valence-corrected chi connectivity index (χ0v) is 16.0. The topological polar surface area (TPSA) is 72.7 Å². The fraction of sp³-hybridized carbons (Fsp3) is 0.0909. The van der Waals surface area contributed by atoms with Gasteiger partial charge in [0, 0.05) is 30.7 Å². The van der Waals surface area contributed by atoms with Gasteiger partial charge in [-0.05, 0) is 23.8 Å². The summed E-state index contributed by atoms with van der Waals surface area (Å²) in [5.74, 6) is 0.200. The number of nitrogens with one attached hydrogen (secondary N) is 1. The monoisotopic (exact) mass is 423 g/mol. The van der Waals surface area contributed by atoms with Gasteiger partial charge in [-0.25, -0.2) is 14.6 Å². The van der Waals surface area contributed by atoms with E-state index in [0.29, 0.717) is 17.1 Å². The van der Waals surface area contributed by atoms with Gasteiger partial charge in [-0.1, -0.05) is 42.5 Å². The van der Waals surface area contributed by atoms with Crippen LogP contribution in [0.25, 0.3) is 17.1 Å². The molecular weight excluding hydrogens is 407 g/mol. The Kier molecular flexibility index (Phi) is 5.48. The van der Waals surface area contributed by atoms with E-state index in [0.717, 1.165) is 21.9 Å². The number of halogens is 3. The van der Waals surface area contributed by atoms with E-state index in [1.54, 1.807) is 24.3 Å². The summed E-state index contributed by atoms with van der Waals surface area (Å²) >= 11 is 0. The summed E-state index contributed by atoms with van der Waals surface area (Å²) in [7, 11) is 0. The molecule has 2 heterocycles. The SMILES string of the molecule is O=C(NCc1ccc(-n2ccc(C(F)(F)F)n2)cc1)c1cnc(-c2ccccc2)nc1. The first-order chi connectivity index (χ1) is 14.9. The Morgan fingerprint density at radius 3 is 2.23 bits per heavy atom. The summed E-state index contributed by atoms with van der Waals surface area (Å²) in [5, 5.41) is 6.30. The van der Waals surface area contributed by atoms with E-state index in [4.69, 9.17) is 0 Å². The van der Waals surface area contributed by atoms with Crippen LogP contribution in [0.1, 0.15) is 21.6 Å². The fourth-order valence-corrected chi connectivity index (χ4v) is 2.85. The fourth-order valence-electron chi connectivity index (χ4n) is 2.85. The third-order valence-electron chi connectivity index (χ3n) is 4.48. The molecule has 0 radical (unpaired) electrons. The predicted octanol–water partition coefficient (Wildman–Crippen LogP) is 4.28. The molecule has 0 fully saturated rings. The highest BCUT2D eigenvalue weighted by atomic mass is 19.4. The summed E-state index contributed by atoms with van der Waals surface area (Å²) < 4.78 is 39.2. The molecule has 0 saturated carbocycles. The van der Waals surface area contributed by atoms with E-state index in [2.05, 4.69) is 20.4 Å². The number of hydrogen-bond acceptors (Lipinski definition) is 4. The lowest BCUT2D eigenvalue weighted by Gasteiger charge is -2.07. The smallest absolute Gasteiger partial charge is 0.348 e. The average Bonchev–Trinajstić information content (AvgIpc) is 3.30. The molecule has 9 heteroatoms. The number of benzene rings is 2. The molecule has 6 nitrogen and oxygen atoms in total. The van der Waals surface area contributed by atoms with Crippen LogP contribution in [0.4, 0.5) is 13.2 Å². The van der Waals surface area contributed by atoms with Crippen molar-refractivity contribution in [2.75, 3.05) is 0 Å². The molecule has 4 aromatic rings. The average molecular weight is 423 g/mol. The van der Waals surface area contributed by atoms with Crippen molar-refractivity contribution in [3.05, 3.63) is 96.1 Å². The van der Waals surface area contributed by atoms with Crippen molar-refractivity contribution in [2.45, 2.75) is 12.7 Å². The number of carbonyl (C=O) groups is 1. The summed E-state index contributed by atoms with van der Waals surface area (Å²) in [4.78, 5) is 20.8. The van der Waals surface area contributed by atoms with Crippen molar-refractivity contribution in [3.8, 4) is 17.1 Å². The second kappa shape index (κ2) is 8.39. The van der Waals surface area contributed by atoms with Crippen molar-refractivity contribution in [2.24, 2.45) is 0 Å². The maximum Gasteiger partial charge on any atom is 0.435 e. The number of rotatable bonds is 5. The van der Waals surface area contributed by atoms with Gasteiger partial charge in [-0.15, -0.1) is 0 Å². The van der Waals surface area contributed by atoms with Crippen LogP contribution >= 0.6 is 0 Å². The molecule has 0 saturated heterocycles. The molecule has 1 N–H and O–H groups in total. The molecule has 2 aromatic carbocycles. The van der Waals surface area contributed by atoms with Crippen molar-refractivity contribution in [1.29, 1.82) is 0 Å². The normalized spacial score (nSPS) is 11.3. The van der Waals surface area contributed by atoms with Gasteiger partial charge >= 0.3 is 6.18 Å². The molecular formula is C22H16F3N5O. The Labute approximate surface area is 175 Å². The first-order valence-corrected chi connectivity index (χ1v) is 9.28. The summed E-state index contributed by atoms with van der Waals surface area (Å²) in [6, 6.07) is 17.0. The van der Waals surface area contributed by atoms with Gasteiger partial charge in [0.2, 0.25) is 0 Å². The molecule has 0 unspecified atom stereocenters. The van der Waals surface area contributed by atoms with Crippen LogP contribution in [0.3, 0.4) is 0 Å². The molecule has 0 aliphatic rings. The number of amides is 1. The molecule has 0 aliphatic carbocycles. The Bertz CT molecular complexity index is 1170. The van der Waals surface area contributed by atoms with Crippen LogP contribution in [-0.2, 0) is 12.7 Å². The van der Waals surface area contributed by atoms with Gasteiger partial charge in [-0.2, -0.15) is 18.3 Å². The number of aromatic nitrogens is 4. The Morgan fingerprint density at radius 1 is 0.935 bits per heavy atom. The molecule has 0 bridgehead atoms. The minimum Gasteiger partial charge on any atom is -0.348 e. The zero-order chi connectivity index (χ0) is 21.8. The Morgan fingerprint density at radius 2 is 1.61 bits per heavy atom. The third-order valence-corrected chi connectivity index (χ3v) is 4.48. The minimum absolute atomic E-state index is 0.243. The van der Waals surface area contributed by atoms with Gasteiger partial charge in [0.05, 0.1) is 11.3 Å². The van der Waals surface area contributed by atoms with Gasteiger partial charge < -0.3 is 5.32 Å². The highest BCUT2D eigenvalue weighted by molar-refractivity contribution is 5.93. The molecule has 0 atom stereocenters. The van der Waals surface area contributed by atoms with Gasteiger partial charge in [0.15, 0.2) is 11.5 Å².